The van der Waals surface area contributed by atoms with E-state index in [1.54, 1.807) is 4.90 Å². The first-order valence-corrected chi connectivity index (χ1v) is 10.6. The van der Waals surface area contributed by atoms with Crippen LogP contribution < -0.4 is 10.3 Å². The van der Waals surface area contributed by atoms with Gasteiger partial charge < -0.3 is 9.32 Å². The quantitative estimate of drug-likeness (QED) is 0.584. The highest BCUT2D eigenvalue weighted by Crippen LogP contribution is 2.31. The number of halogens is 1. The fourth-order valence-electron chi connectivity index (χ4n) is 3.94. The van der Waals surface area contributed by atoms with Crippen LogP contribution in [0.4, 0.5) is 10.1 Å². The molecule has 0 aliphatic heterocycles. The third-order valence-electron chi connectivity index (χ3n) is 5.55. The molecule has 3 aromatic rings. The number of hydrogen-bond acceptors (Lipinski definition) is 4. The van der Waals surface area contributed by atoms with Crippen molar-refractivity contribution in [1.29, 1.82) is 0 Å². The van der Waals surface area contributed by atoms with E-state index >= 15 is 0 Å². The Balaban J connectivity index is 1.61. The van der Waals surface area contributed by atoms with Crippen molar-refractivity contribution < 1.29 is 18.4 Å². The van der Waals surface area contributed by atoms with Crippen molar-refractivity contribution in [2.24, 2.45) is 5.10 Å². The van der Waals surface area contributed by atoms with Crippen LogP contribution in [0.15, 0.2) is 64.1 Å². The Kier molecular flexibility index (Phi) is 6.16. The molecule has 164 valence electrons. The number of amides is 2. The number of rotatable bonds is 5. The average molecular weight is 433 g/mol. The first-order valence-electron chi connectivity index (χ1n) is 10.6. The maximum Gasteiger partial charge on any atom is 0.294 e. The Hall–Kier alpha value is -3.74. The molecule has 2 amide bonds. The summed E-state index contributed by atoms with van der Waals surface area (Å²) in [6.45, 7) is 4.26. The fraction of sp³-hybridized carbons (Fsp3) is 0.240. The molecule has 0 bridgehead atoms. The van der Waals surface area contributed by atoms with E-state index in [1.165, 1.54) is 24.3 Å². The van der Waals surface area contributed by atoms with Crippen LogP contribution in [-0.2, 0) is 6.42 Å². The summed E-state index contributed by atoms with van der Waals surface area (Å²) in [4.78, 5) is 27.3. The Morgan fingerprint density at radius 1 is 1.09 bits per heavy atom. The smallest absolute Gasteiger partial charge is 0.294 e. The zero-order valence-electron chi connectivity index (χ0n) is 18.0. The normalized spacial score (nSPS) is 14.2. The number of para-hydroxylation sites is 1. The Morgan fingerprint density at radius 2 is 1.81 bits per heavy atom. The number of aryl methyl sites for hydroxylation is 1. The van der Waals surface area contributed by atoms with E-state index in [9.17, 15) is 14.0 Å². The molecule has 0 saturated heterocycles. The summed E-state index contributed by atoms with van der Waals surface area (Å²) >= 11 is 0. The molecule has 2 aromatic carbocycles. The lowest BCUT2D eigenvalue weighted by Gasteiger charge is -2.20. The van der Waals surface area contributed by atoms with Gasteiger partial charge >= 0.3 is 0 Å². The lowest BCUT2D eigenvalue weighted by molar-refractivity contribution is 0.0949. The van der Waals surface area contributed by atoms with Gasteiger partial charge in [-0.05, 0) is 63.1 Å². The van der Waals surface area contributed by atoms with Crippen LogP contribution in [0.1, 0.15) is 57.6 Å². The highest BCUT2D eigenvalue weighted by atomic mass is 19.1. The summed E-state index contributed by atoms with van der Waals surface area (Å²) < 4.78 is 19.1. The van der Waals surface area contributed by atoms with E-state index in [1.807, 2.05) is 44.2 Å². The number of carbonyl (C=O) groups excluding carboxylic acids is 2. The van der Waals surface area contributed by atoms with Crippen LogP contribution in [0.2, 0.25) is 0 Å². The van der Waals surface area contributed by atoms with Crippen LogP contribution in [0.25, 0.3) is 0 Å². The van der Waals surface area contributed by atoms with E-state index in [0.717, 1.165) is 17.7 Å². The lowest BCUT2D eigenvalue weighted by Crippen LogP contribution is -2.30. The number of benzene rings is 2. The number of carbonyl (C=O) groups is 2. The van der Waals surface area contributed by atoms with Crippen LogP contribution in [0.3, 0.4) is 0 Å². The van der Waals surface area contributed by atoms with Crippen molar-refractivity contribution in [3.8, 4) is 0 Å². The van der Waals surface area contributed by atoms with Crippen molar-refractivity contribution in [2.75, 3.05) is 11.4 Å². The average Bonchev–Trinajstić information content (AvgIpc) is 3.16. The molecule has 0 unspecified atom stereocenters. The number of hydrogen-bond donors (Lipinski definition) is 1. The number of fused-ring (bicyclic) bond motifs is 1. The van der Waals surface area contributed by atoms with Gasteiger partial charge in [0.1, 0.15) is 11.6 Å². The fourth-order valence-corrected chi connectivity index (χ4v) is 3.94. The maximum absolute atomic E-state index is 13.3. The molecule has 0 spiro atoms. The van der Waals surface area contributed by atoms with Gasteiger partial charge in [0, 0.05) is 35.3 Å². The third kappa shape index (κ3) is 4.19. The minimum absolute atomic E-state index is 0.208. The Morgan fingerprint density at radius 3 is 2.50 bits per heavy atom. The molecule has 1 aliphatic rings. The standard InChI is InChI=1S/C25H24FN3O3/c1-3-29(19-8-5-4-6-9-19)25(31)23-16(2)22-20(10-7-11-21(22)32-23)27-28-24(30)17-12-14-18(26)15-13-17/h4-6,8-9,12-15H,3,7,10-11H2,1-2H3,(H,28,30)/b27-20+. The zero-order valence-corrected chi connectivity index (χ0v) is 18.0. The predicted octanol–water partition coefficient (Wildman–Crippen LogP) is 4.86. The van der Waals surface area contributed by atoms with Crippen LogP contribution >= 0.6 is 0 Å². The second-order valence-corrected chi connectivity index (χ2v) is 7.60. The minimum atomic E-state index is -0.427. The van der Waals surface area contributed by atoms with Gasteiger partial charge in [0.2, 0.25) is 0 Å². The molecule has 0 saturated carbocycles. The van der Waals surface area contributed by atoms with E-state index in [-0.39, 0.29) is 5.91 Å². The molecule has 32 heavy (non-hydrogen) atoms. The van der Waals surface area contributed by atoms with Crippen LogP contribution in [0, 0.1) is 12.7 Å². The molecule has 0 atom stereocenters. The Bertz CT molecular complexity index is 1170. The summed E-state index contributed by atoms with van der Waals surface area (Å²) in [5, 5.41) is 4.32. The van der Waals surface area contributed by atoms with Crippen molar-refractivity contribution in [3.63, 3.8) is 0 Å². The predicted molar refractivity (Wildman–Crippen MR) is 121 cm³/mol. The number of furan rings is 1. The summed E-state index contributed by atoms with van der Waals surface area (Å²) in [6.07, 6.45) is 2.15. The molecule has 1 heterocycles. The van der Waals surface area contributed by atoms with E-state index in [0.29, 0.717) is 47.7 Å². The molecule has 6 nitrogen and oxygen atoms in total. The molecular formula is C25H24FN3O3. The van der Waals surface area contributed by atoms with Gasteiger partial charge in [-0.15, -0.1) is 0 Å². The number of nitrogens with one attached hydrogen (secondary N) is 1. The third-order valence-corrected chi connectivity index (χ3v) is 5.55. The monoisotopic (exact) mass is 433 g/mol. The van der Waals surface area contributed by atoms with Gasteiger partial charge in [-0.25, -0.2) is 9.82 Å². The zero-order chi connectivity index (χ0) is 22.7. The van der Waals surface area contributed by atoms with Gasteiger partial charge in [0.05, 0.1) is 5.71 Å². The molecule has 1 N–H and O–H groups in total. The molecule has 1 aromatic heterocycles. The van der Waals surface area contributed by atoms with Gasteiger partial charge in [0.15, 0.2) is 5.76 Å². The van der Waals surface area contributed by atoms with Gasteiger partial charge in [0.25, 0.3) is 11.8 Å². The van der Waals surface area contributed by atoms with E-state index < -0.39 is 11.7 Å². The topological polar surface area (TPSA) is 74.9 Å². The van der Waals surface area contributed by atoms with Crippen LogP contribution in [0.5, 0.6) is 0 Å². The first kappa shape index (κ1) is 21.5. The molecule has 1 aliphatic carbocycles. The Labute approximate surface area is 185 Å². The second-order valence-electron chi connectivity index (χ2n) is 7.60. The van der Waals surface area contributed by atoms with Crippen molar-refractivity contribution in [1.82, 2.24) is 5.43 Å². The van der Waals surface area contributed by atoms with Crippen LogP contribution in [-0.4, -0.2) is 24.1 Å². The highest BCUT2D eigenvalue weighted by Gasteiger charge is 2.30. The number of hydrazone groups is 1. The summed E-state index contributed by atoms with van der Waals surface area (Å²) in [5.74, 6) is -0.0487. The maximum atomic E-state index is 13.3. The van der Waals surface area contributed by atoms with Gasteiger partial charge in [-0.3, -0.25) is 9.59 Å². The largest absolute Gasteiger partial charge is 0.455 e. The van der Waals surface area contributed by atoms with Gasteiger partial charge in [-0.1, -0.05) is 18.2 Å². The minimum Gasteiger partial charge on any atom is -0.455 e. The first-order chi connectivity index (χ1) is 15.5. The summed E-state index contributed by atoms with van der Waals surface area (Å²) in [7, 11) is 0. The highest BCUT2D eigenvalue weighted by molar-refractivity contribution is 6.10. The van der Waals surface area contributed by atoms with Gasteiger partial charge in [-0.2, -0.15) is 5.10 Å². The van der Waals surface area contributed by atoms with E-state index in [4.69, 9.17) is 4.42 Å². The molecule has 0 fully saturated rings. The van der Waals surface area contributed by atoms with E-state index in [2.05, 4.69) is 10.5 Å². The molecule has 7 heteroatoms. The summed E-state index contributed by atoms with van der Waals surface area (Å²) in [5.41, 5.74) is 5.83. The molecule has 4 rings (SSSR count). The molecular weight excluding hydrogens is 409 g/mol. The SMILES string of the molecule is CCN(C(=O)c1oc2c(c1C)/C(=N/NC(=O)c1ccc(F)cc1)CCC2)c1ccccc1. The number of nitrogens with zero attached hydrogens (tertiary/aromatic N) is 2. The van der Waals surface area contributed by atoms with Crippen molar-refractivity contribution in [2.45, 2.75) is 33.1 Å². The van der Waals surface area contributed by atoms with Crippen molar-refractivity contribution in [3.05, 3.63) is 88.6 Å². The lowest BCUT2D eigenvalue weighted by atomic mass is 9.93. The molecule has 0 radical (unpaired) electrons. The summed E-state index contributed by atoms with van der Waals surface area (Å²) in [6, 6.07) is 14.7. The van der Waals surface area contributed by atoms with Crippen molar-refractivity contribution >= 4 is 23.2 Å². The second kappa shape index (κ2) is 9.18. The number of anilines is 1.